The number of rotatable bonds is 4. The van der Waals surface area contributed by atoms with Gasteiger partial charge < -0.3 is 13.6 Å². The molecule has 2 heterocycles. The summed E-state index contributed by atoms with van der Waals surface area (Å²) in [6.45, 7) is 2.48. The van der Waals surface area contributed by atoms with Crippen molar-refractivity contribution in [3.05, 3.63) is 70.0 Å². The molecule has 102 valence electrons. The molecular weight excluding hydrogens is 256 g/mol. The van der Waals surface area contributed by atoms with Crippen LogP contribution in [0.3, 0.4) is 0 Å². The van der Waals surface area contributed by atoms with Crippen LogP contribution in [0.5, 0.6) is 0 Å². The fraction of sp³-hybridized carbons (Fsp3) is 0.188. The van der Waals surface area contributed by atoms with Gasteiger partial charge in [0.15, 0.2) is 11.5 Å². The molecule has 0 atom stereocenters. The maximum Gasteiger partial charge on any atom is 0.340 e. The van der Waals surface area contributed by atoms with Gasteiger partial charge in [-0.2, -0.15) is 0 Å². The standard InChI is InChI=1S/C16H14O4/c1-11-13-7-8-19-14(15(13)20-16(11)17)10-18-9-12-5-3-2-4-6-12/h2-8H,9-10H2,1H3. The van der Waals surface area contributed by atoms with Gasteiger partial charge in [-0.25, -0.2) is 4.79 Å². The molecule has 2 aliphatic rings. The second kappa shape index (κ2) is 5.35. The Morgan fingerprint density at radius 1 is 1.10 bits per heavy atom. The first-order chi connectivity index (χ1) is 9.75. The van der Waals surface area contributed by atoms with E-state index in [9.17, 15) is 4.79 Å². The summed E-state index contributed by atoms with van der Waals surface area (Å²) in [5, 5.41) is 0. The predicted octanol–water partition coefficient (Wildman–Crippen LogP) is 3.36. The Bertz CT molecular complexity index is 724. The summed E-state index contributed by atoms with van der Waals surface area (Å²) in [5.74, 6) is 1.01. The predicted molar refractivity (Wildman–Crippen MR) is 73.5 cm³/mol. The van der Waals surface area contributed by atoms with Crippen LogP contribution in [0.1, 0.15) is 16.9 Å². The third-order valence-corrected chi connectivity index (χ3v) is 3.19. The first-order valence-corrected chi connectivity index (χ1v) is 6.37. The summed E-state index contributed by atoms with van der Waals surface area (Å²) >= 11 is 0. The molecule has 0 saturated heterocycles. The molecule has 1 aromatic rings. The van der Waals surface area contributed by atoms with Crippen molar-refractivity contribution < 1.29 is 13.6 Å². The van der Waals surface area contributed by atoms with E-state index < -0.39 is 0 Å². The lowest BCUT2D eigenvalue weighted by molar-refractivity contribution is 0.0908. The number of ether oxygens (including phenoxy) is 1. The van der Waals surface area contributed by atoms with Crippen LogP contribution in [-0.4, -0.2) is 0 Å². The number of hydrogen-bond acceptors (Lipinski definition) is 4. The second-order valence-electron chi connectivity index (χ2n) is 4.58. The van der Waals surface area contributed by atoms with Crippen molar-refractivity contribution in [2.75, 3.05) is 0 Å². The van der Waals surface area contributed by atoms with Gasteiger partial charge in [-0.3, -0.25) is 0 Å². The average Bonchev–Trinajstić information content (AvgIpc) is 2.77. The van der Waals surface area contributed by atoms with Gasteiger partial charge in [0.25, 0.3) is 0 Å². The molecule has 0 saturated carbocycles. The molecule has 0 aliphatic carbocycles. The van der Waals surface area contributed by atoms with Crippen molar-refractivity contribution in [2.45, 2.75) is 20.1 Å². The zero-order valence-electron chi connectivity index (χ0n) is 11.1. The smallest absolute Gasteiger partial charge is 0.340 e. The molecule has 1 aromatic carbocycles. The highest BCUT2D eigenvalue weighted by atomic mass is 16.5. The SMILES string of the molecule is Cc1c2ccoc(COCc3ccccc3)c-2oc1=O. The Morgan fingerprint density at radius 3 is 2.70 bits per heavy atom. The van der Waals surface area contributed by atoms with E-state index in [2.05, 4.69) is 0 Å². The summed E-state index contributed by atoms with van der Waals surface area (Å²) < 4.78 is 16.2. The van der Waals surface area contributed by atoms with Gasteiger partial charge in [-0.15, -0.1) is 0 Å². The minimum Gasteiger partial charge on any atom is -0.463 e. The molecule has 4 heteroatoms. The molecule has 0 unspecified atom stereocenters. The van der Waals surface area contributed by atoms with Crippen LogP contribution in [0.15, 0.2) is 56.3 Å². The van der Waals surface area contributed by atoms with E-state index in [1.165, 1.54) is 0 Å². The van der Waals surface area contributed by atoms with Crippen LogP contribution in [-0.2, 0) is 18.0 Å². The minimum atomic E-state index is -0.328. The lowest BCUT2D eigenvalue weighted by Crippen LogP contribution is -1.96. The van der Waals surface area contributed by atoms with Crippen molar-refractivity contribution in [1.82, 2.24) is 0 Å². The lowest BCUT2D eigenvalue weighted by Gasteiger charge is -2.06. The zero-order valence-corrected chi connectivity index (χ0v) is 11.1. The Kier molecular flexibility index (Phi) is 3.39. The van der Waals surface area contributed by atoms with Crippen LogP contribution >= 0.6 is 0 Å². The van der Waals surface area contributed by atoms with E-state index in [0.29, 0.717) is 23.7 Å². The van der Waals surface area contributed by atoms with Crippen LogP contribution in [0.4, 0.5) is 0 Å². The number of furan rings is 1. The van der Waals surface area contributed by atoms with Crippen molar-refractivity contribution >= 4 is 0 Å². The van der Waals surface area contributed by atoms with E-state index in [4.69, 9.17) is 13.6 Å². The van der Waals surface area contributed by atoms with Gasteiger partial charge in [-0.1, -0.05) is 30.3 Å². The molecule has 3 rings (SSSR count). The van der Waals surface area contributed by atoms with Gasteiger partial charge in [-0.05, 0) is 18.6 Å². The van der Waals surface area contributed by atoms with Crippen molar-refractivity contribution in [2.24, 2.45) is 0 Å². The van der Waals surface area contributed by atoms with Gasteiger partial charge >= 0.3 is 5.63 Å². The van der Waals surface area contributed by atoms with Gasteiger partial charge in [0.2, 0.25) is 0 Å². The van der Waals surface area contributed by atoms with E-state index in [0.717, 1.165) is 11.1 Å². The molecule has 0 radical (unpaired) electrons. The van der Waals surface area contributed by atoms with Crippen LogP contribution in [0.2, 0.25) is 0 Å². The highest BCUT2D eigenvalue weighted by Crippen LogP contribution is 2.28. The molecule has 0 spiro atoms. The summed E-state index contributed by atoms with van der Waals surface area (Å²) in [6.07, 6.45) is 1.55. The fourth-order valence-corrected chi connectivity index (χ4v) is 2.09. The zero-order chi connectivity index (χ0) is 13.9. The van der Waals surface area contributed by atoms with Crippen LogP contribution in [0.25, 0.3) is 11.3 Å². The van der Waals surface area contributed by atoms with E-state index >= 15 is 0 Å². The van der Waals surface area contributed by atoms with Crippen LogP contribution in [0, 0.1) is 6.92 Å². The summed E-state index contributed by atoms with van der Waals surface area (Å²) in [6, 6.07) is 11.6. The second-order valence-corrected chi connectivity index (χ2v) is 4.58. The van der Waals surface area contributed by atoms with Crippen molar-refractivity contribution in [3.8, 4) is 11.3 Å². The maximum absolute atomic E-state index is 11.5. The third kappa shape index (κ3) is 2.38. The van der Waals surface area contributed by atoms with E-state index in [1.807, 2.05) is 30.3 Å². The Morgan fingerprint density at radius 2 is 1.90 bits per heavy atom. The highest BCUT2D eigenvalue weighted by Gasteiger charge is 2.19. The Balaban J connectivity index is 1.75. The monoisotopic (exact) mass is 270 g/mol. The fourth-order valence-electron chi connectivity index (χ4n) is 2.09. The molecule has 4 nitrogen and oxygen atoms in total. The normalized spacial score (nSPS) is 11.1. The molecule has 0 N–H and O–H groups in total. The van der Waals surface area contributed by atoms with Gasteiger partial charge in [0.1, 0.15) is 6.61 Å². The number of hydrogen-bond donors (Lipinski definition) is 0. The maximum atomic E-state index is 11.5. The first-order valence-electron chi connectivity index (χ1n) is 6.37. The quantitative estimate of drug-likeness (QED) is 0.729. The largest absolute Gasteiger partial charge is 0.463 e. The molecular formula is C16H14O4. The van der Waals surface area contributed by atoms with Gasteiger partial charge in [0.05, 0.1) is 12.9 Å². The molecule has 0 fully saturated rings. The molecule has 0 aromatic heterocycles. The van der Waals surface area contributed by atoms with Crippen molar-refractivity contribution in [1.29, 1.82) is 0 Å². The number of benzene rings is 1. The van der Waals surface area contributed by atoms with E-state index in [-0.39, 0.29) is 12.2 Å². The third-order valence-electron chi connectivity index (χ3n) is 3.19. The summed E-state index contributed by atoms with van der Waals surface area (Å²) in [4.78, 5) is 11.5. The number of fused-ring (bicyclic) bond motifs is 1. The minimum absolute atomic E-state index is 0.263. The summed E-state index contributed by atoms with van der Waals surface area (Å²) in [7, 11) is 0. The lowest BCUT2D eigenvalue weighted by atomic mass is 10.1. The van der Waals surface area contributed by atoms with Crippen LogP contribution < -0.4 is 5.63 Å². The average molecular weight is 270 g/mol. The molecule has 2 aliphatic heterocycles. The molecule has 0 bridgehead atoms. The molecule has 20 heavy (non-hydrogen) atoms. The topological polar surface area (TPSA) is 52.6 Å². The Labute approximate surface area is 115 Å². The Hall–Kier alpha value is -2.33. The van der Waals surface area contributed by atoms with Crippen molar-refractivity contribution in [3.63, 3.8) is 0 Å². The summed E-state index contributed by atoms with van der Waals surface area (Å²) in [5.41, 5.74) is 2.13. The molecule has 0 amide bonds. The van der Waals surface area contributed by atoms with E-state index in [1.54, 1.807) is 19.3 Å². The van der Waals surface area contributed by atoms with Gasteiger partial charge in [0, 0.05) is 11.1 Å². The first kappa shape index (κ1) is 12.7. The highest BCUT2D eigenvalue weighted by molar-refractivity contribution is 5.63.